The van der Waals surface area contributed by atoms with Gasteiger partial charge in [-0.2, -0.15) is 13.2 Å². The van der Waals surface area contributed by atoms with Crippen LogP contribution in [0, 0.1) is 0 Å². The van der Waals surface area contributed by atoms with Crippen molar-refractivity contribution in [2.45, 2.75) is 12.2 Å². The van der Waals surface area contributed by atoms with Gasteiger partial charge in [-0.3, -0.25) is 4.79 Å². The fourth-order valence-corrected chi connectivity index (χ4v) is 2.87. The van der Waals surface area contributed by atoms with E-state index in [4.69, 9.17) is 10.8 Å². The van der Waals surface area contributed by atoms with Crippen LogP contribution in [0.15, 0.2) is 28.1 Å². The first-order valence-corrected chi connectivity index (χ1v) is 7.18. The van der Waals surface area contributed by atoms with Crippen LogP contribution < -0.4 is 5.73 Å². The minimum atomic E-state index is -4.54. The highest BCUT2D eigenvalue weighted by Crippen LogP contribution is 2.39. The maximum atomic E-state index is 13.0. The lowest BCUT2D eigenvalue weighted by atomic mass is 10.1. The molecule has 1 atom stereocenters. The van der Waals surface area contributed by atoms with E-state index in [0.29, 0.717) is 0 Å². The van der Waals surface area contributed by atoms with Crippen molar-refractivity contribution in [1.29, 1.82) is 0 Å². The number of hydrogen-bond donors (Lipinski definition) is 2. The van der Waals surface area contributed by atoms with Crippen LogP contribution in [0.1, 0.15) is 17.3 Å². The van der Waals surface area contributed by atoms with E-state index >= 15 is 0 Å². The second-order valence-corrected chi connectivity index (χ2v) is 5.85. The number of carbonyl (C=O) groups is 1. The van der Waals surface area contributed by atoms with Crippen LogP contribution in [-0.4, -0.2) is 16.1 Å². The molecule has 0 spiro atoms. The topological polar surface area (TPSA) is 76.2 Å². The molecule has 1 aromatic carbocycles. The highest BCUT2D eigenvalue weighted by Gasteiger charge is 2.34. The Labute approximate surface area is 129 Å². The van der Waals surface area contributed by atoms with Crippen LogP contribution in [0.4, 0.5) is 13.2 Å². The highest BCUT2D eigenvalue weighted by molar-refractivity contribution is 9.10. The van der Waals surface area contributed by atoms with Gasteiger partial charge in [-0.1, -0.05) is 22.0 Å². The zero-order chi connectivity index (χ0) is 15.8. The van der Waals surface area contributed by atoms with Crippen molar-refractivity contribution in [2.24, 2.45) is 5.73 Å². The molecule has 9 heteroatoms. The van der Waals surface area contributed by atoms with Crippen LogP contribution in [0.2, 0.25) is 0 Å². The fraction of sp³-hybridized carbons (Fsp3) is 0.167. The van der Waals surface area contributed by atoms with Crippen molar-refractivity contribution >= 4 is 33.2 Å². The Balaban J connectivity index is 2.50. The quantitative estimate of drug-likeness (QED) is 0.851. The van der Waals surface area contributed by atoms with E-state index in [0.717, 1.165) is 17.4 Å². The van der Waals surface area contributed by atoms with E-state index in [-0.39, 0.29) is 20.7 Å². The van der Waals surface area contributed by atoms with Crippen molar-refractivity contribution in [2.75, 3.05) is 0 Å². The number of nitrogens with two attached hydrogens (primary N) is 1. The van der Waals surface area contributed by atoms with Gasteiger partial charge in [0.25, 0.3) is 0 Å². The summed E-state index contributed by atoms with van der Waals surface area (Å²) in [5.74, 6) is -1.29. The largest absolute Gasteiger partial charge is 0.480 e. The summed E-state index contributed by atoms with van der Waals surface area (Å²) in [5, 5.41) is 10.2. The number of carboxylic acids is 1. The summed E-state index contributed by atoms with van der Waals surface area (Å²) in [7, 11) is 0. The number of aromatic nitrogens is 1. The van der Waals surface area contributed by atoms with Crippen molar-refractivity contribution in [3.63, 3.8) is 0 Å². The van der Waals surface area contributed by atoms with E-state index < -0.39 is 23.8 Å². The predicted molar refractivity (Wildman–Crippen MR) is 74.8 cm³/mol. The molecule has 1 heterocycles. The Bertz CT molecular complexity index is 687. The summed E-state index contributed by atoms with van der Waals surface area (Å²) in [6, 6.07) is 2.33. The molecule has 3 N–H and O–H groups in total. The summed E-state index contributed by atoms with van der Waals surface area (Å²) in [5.41, 5.74) is 4.46. The first-order chi connectivity index (χ1) is 9.70. The first kappa shape index (κ1) is 15.9. The third kappa shape index (κ3) is 3.42. The maximum absolute atomic E-state index is 13.0. The fourth-order valence-electron chi connectivity index (χ4n) is 1.62. The highest BCUT2D eigenvalue weighted by atomic mass is 79.9. The molecular weight excluding hydrogens is 373 g/mol. The minimum absolute atomic E-state index is 0.0264. The Morgan fingerprint density at radius 3 is 2.67 bits per heavy atom. The number of hydrogen-bond acceptors (Lipinski definition) is 4. The third-order valence-corrected chi connectivity index (χ3v) is 4.01. The van der Waals surface area contributed by atoms with Crippen molar-refractivity contribution < 1.29 is 23.1 Å². The molecule has 0 saturated carbocycles. The van der Waals surface area contributed by atoms with E-state index in [1.165, 1.54) is 17.5 Å². The van der Waals surface area contributed by atoms with Crippen LogP contribution in [0.3, 0.4) is 0 Å². The molecular formula is C12H8BrF3N2O2S. The van der Waals surface area contributed by atoms with E-state index in [2.05, 4.69) is 20.9 Å². The monoisotopic (exact) mass is 380 g/mol. The molecule has 1 aromatic heterocycles. The van der Waals surface area contributed by atoms with E-state index in [1.807, 2.05) is 0 Å². The number of aliphatic carboxylic acids is 1. The molecule has 0 aliphatic carbocycles. The normalized spacial score (nSPS) is 13.2. The Kier molecular flexibility index (Phi) is 4.35. The van der Waals surface area contributed by atoms with Gasteiger partial charge in [0.05, 0.1) is 11.3 Å². The van der Waals surface area contributed by atoms with Crippen LogP contribution in [0.25, 0.3) is 10.6 Å². The number of rotatable bonds is 3. The average Bonchev–Trinajstić information content (AvgIpc) is 2.86. The molecule has 112 valence electrons. The summed E-state index contributed by atoms with van der Waals surface area (Å²) in [4.78, 5) is 14.7. The molecule has 0 aliphatic rings. The standard InChI is InChI=1S/C12H8BrF3N2O2S/c13-5-1-2-6(7(3-5)12(14,15)16)10-18-8(4-21-10)9(17)11(19)20/h1-4,9H,17H2,(H,19,20). The first-order valence-electron chi connectivity index (χ1n) is 5.51. The maximum Gasteiger partial charge on any atom is 0.417 e. The lowest BCUT2D eigenvalue weighted by molar-refractivity contribution is -0.139. The van der Waals surface area contributed by atoms with Gasteiger partial charge in [0, 0.05) is 15.4 Å². The minimum Gasteiger partial charge on any atom is -0.480 e. The molecule has 2 aromatic rings. The van der Waals surface area contributed by atoms with Gasteiger partial charge in [0.1, 0.15) is 11.0 Å². The number of carboxylic acid groups (broad SMARTS) is 1. The zero-order valence-corrected chi connectivity index (χ0v) is 12.6. The molecule has 0 amide bonds. The Morgan fingerprint density at radius 2 is 2.10 bits per heavy atom. The van der Waals surface area contributed by atoms with Crippen molar-refractivity contribution in [3.05, 3.63) is 39.3 Å². The molecule has 0 aliphatic heterocycles. The molecule has 0 radical (unpaired) electrons. The van der Waals surface area contributed by atoms with Gasteiger partial charge >= 0.3 is 12.1 Å². The lowest BCUT2D eigenvalue weighted by Crippen LogP contribution is -2.20. The van der Waals surface area contributed by atoms with Crippen LogP contribution >= 0.6 is 27.3 Å². The van der Waals surface area contributed by atoms with E-state index in [9.17, 15) is 18.0 Å². The number of nitrogens with zero attached hydrogens (tertiary/aromatic N) is 1. The van der Waals surface area contributed by atoms with Gasteiger partial charge in [-0.15, -0.1) is 11.3 Å². The number of thiazole rings is 1. The summed E-state index contributed by atoms with van der Waals surface area (Å²) < 4.78 is 39.4. The third-order valence-electron chi connectivity index (χ3n) is 2.62. The molecule has 2 rings (SSSR count). The molecule has 0 saturated heterocycles. The number of halogens is 4. The second-order valence-electron chi connectivity index (χ2n) is 4.08. The Hall–Kier alpha value is -1.45. The van der Waals surface area contributed by atoms with Gasteiger partial charge < -0.3 is 10.8 Å². The summed E-state index contributed by atoms with van der Waals surface area (Å²) in [6.07, 6.45) is -4.54. The lowest BCUT2D eigenvalue weighted by Gasteiger charge is -2.11. The van der Waals surface area contributed by atoms with Gasteiger partial charge in [0.15, 0.2) is 0 Å². The van der Waals surface area contributed by atoms with Gasteiger partial charge in [-0.05, 0) is 12.1 Å². The molecule has 1 unspecified atom stereocenters. The SMILES string of the molecule is NC(C(=O)O)c1csc(-c2ccc(Br)cc2C(F)(F)F)n1. The number of benzene rings is 1. The second kappa shape index (κ2) is 5.74. The van der Waals surface area contributed by atoms with Gasteiger partial charge in [0.2, 0.25) is 0 Å². The van der Waals surface area contributed by atoms with Crippen LogP contribution in [-0.2, 0) is 11.0 Å². The van der Waals surface area contributed by atoms with Crippen molar-refractivity contribution in [1.82, 2.24) is 4.98 Å². The van der Waals surface area contributed by atoms with Crippen LogP contribution in [0.5, 0.6) is 0 Å². The average molecular weight is 381 g/mol. The molecule has 4 nitrogen and oxygen atoms in total. The molecule has 21 heavy (non-hydrogen) atoms. The number of alkyl halides is 3. The Morgan fingerprint density at radius 1 is 1.43 bits per heavy atom. The molecule has 0 bridgehead atoms. The molecule has 0 fully saturated rings. The van der Waals surface area contributed by atoms with Crippen molar-refractivity contribution in [3.8, 4) is 10.6 Å². The summed E-state index contributed by atoms with van der Waals surface area (Å²) >= 11 is 3.91. The summed E-state index contributed by atoms with van der Waals surface area (Å²) in [6.45, 7) is 0. The van der Waals surface area contributed by atoms with E-state index in [1.54, 1.807) is 0 Å². The smallest absolute Gasteiger partial charge is 0.417 e. The van der Waals surface area contributed by atoms with Gasteiger partial charge in [-0.25, -0.2) is 4.98 Å². The zero-order valence-electron chi connectivity index (χ0n) is 10.2. The predicted octanol–water partition coefficient (Wildman–Crippen LogP) is 3.68.